The smallest absolute Gasteiger partial charge is 0.223 e. The Morgan fingerprint density at radius 2 is 2.14 bits per heavy atom. The molecule has 0 radical (unpaired) electrons. The van der Waals surface area contributed by atoms with E-state index in [-0.39, 0.29) is 23.8 Å². The molecule has 1 aliphatic carbocycles. The molecule has 4 nitrogen and oxygen atoms in total. The van der Waals surface area contributed by atoms with E-state index < -0.39 is 0 Å². The average Bonchev–Trinajstić information content (AvgIpc) is 3.37. The first kappa shape index (κ1) is 16.8. The van der Waals surface area contributed by atoms with E-state index in [1.807, 2.05) is 18.2 Å². The summed E-state index contributed by atoms with van der Waals surface area (Å²) in [6.07, 6.45) is 2.62. The molecule has 2 N–H and O–H groups in total. The maximum absolute atomic E-state index is 12.3. The highest BCUT2D eigenvalue weighted by atomic mass is 16.5. The lowest BCUT2D eigenvalue weighted by atomic mass is 9.83. The number of amides is 1. The molecule has 0 aliphatic heterocycles. The number of ether oxygens (including phenoxy) is 1. The molecule has 4 heteroatoms. The Balaban J connectivity index is 1.90. The zero-order valence-electron chi connectivity index (χ0n) is 13.8. The first-order chi connectivity index (χ1) is 10.6. The molecular weight excluding hydrogens is 278 g/mol. The van der Waals surface area contributed by atoms with Crippen LogP contribution in [0, 0.1) is 11.3 Å². The molecule has 2 unspecified atom stereocenters. The Hall–Kier alpha value is -1.55. The predicted molar refractivity (Wildman–Crippen MR) is 87.0 cm³/mol. The predicted octanol–water partition coefficient (Wildman–Crippen LogP) is 2.71. The van der Waals surface area contributed by atoms with Crippen molar-refractivity contribution in [2.45, 2.75) is 39.0 Å². The van der Waals surface area contributed by atoms with Gasteiger partial charge in [-0.2, -0.15) is 0 Å². The highest BCUT2D eigenvalue weighted by Gasteiger charge is 2.44. The summed E-state index contributed by atoms with van der Waals surface area (Å²) >= 11 is 0. The van der Waals surface area contributed by atoms with E-state index in [0.717, 1.165) is 25.0 Å². The lowest BCUT2D eigenvalue weighted by Gasteiger charge is -2.29. The van der Waals surface area contributed by atoms with Crippen LogP contribution in [0.15, 0.2) is 24.3 Å². The molecule has 1 aromatic rings. The number of nitrogens with one attached hydrogen (secondary N) is 1. The highest BCUT2D eigenvalue weighted by molar-refractivity contribution is 5.83. The minimum absolute atomic E-state index is 0.0530. The van der Waals surface area contributed by atoms with E-state index >= 15 is 0 Å². The molecule has 1 amide bonds. The van der Waals surface area contributed by atoms with Crippen molar-refractivity contribution in [3.05, 3.63) is 29.8 Å². The molecule has 1 aromatic carbocycles. The van der Waals surface area contributed by atoms with Crippen molar-refractivity contribution in [3.8, 4) is 5.75 Å². The van der Waals surface area contributed by atoms with Gasteiger partial charge in [0.1, 0.15) is 5.75 Å². The van der Waals surface area contributed by atoms with Crippen LogP contribution in [-0.4, -0.2) is 31.3 Å². The number of aliphatic hydroxyl groups is 1. The third kappa shape index (κ3) is 3.61. The number of carbonyl (C=O) groups excluding carboxylic acids is 1. The minimum Gasteiger partial charge on any atom is -0.497 e. The van der Waals surface area contributed by atoms with E-state index in [9.17, 15) is 9.90 Å². The van der Waals surface area contributed by atoms with E-state index in [0.29, 0.717) is 12.5 Å². The standard InChI is InChI=1S/C18H27NO3/c1-4-18(5-2,12-20)11-19-17(21)16-10-15(16)13-7-6-8-14(9-13)22-3/h6-9,15-16,20H,4-5,10-12H2,1-3H3,(H,19,21). The average molecular weight is 305 g/mol. The van der Waals surface area contributed by atoms with Crippen LogP contribution in [0.1, 0.15) is 44.6 Å². The number of methoxy groups -OCH3 is 1. The summed E-state index contributed by atoms with van der Waals surface area (Å²) < 4.78 is 5.24. The van der Waals surface area contributed by atoms with Crippen LogP contribution in [0.25, 0.3) is 0 Å². The second-order valence-electron chi connectivity index (χ2n) is 6.31. The number of benzene rings is 1. The molecule has 1 saturated carbocycles. The molecule has 0 saturated heterocycles. The third-order valence-electron chi connectivity index (χ3n) is 5.12. The van der Waals surface area contributed by atoms with Crippen molar-refractivity contribution < 1.29 is 14.6 Å². The van der Waals surface area contributed by atoms with Crippen LogP contribution in [0.4, 0.5) is 0 Å². The molecule has 22 heavy (non-hydrogen) atoms. The number of carbonyl (C=O) groups is 1. The van der Waals surface area contributed by atoms with Gasteiger partial charge in [-0.3, -0.25) is 4.79 Å². The SMILES string of the molecule is CCC(CC)(CO)CNC(=O)C1CC1c1cccc(OC)c1. The summed E-state index contributed by atoms with van der Waals surface area (Å²) in [5, 5.41) is 12.6. The normalized spacial score (nSPS) is 20.5. The number of hydrogen-bond donors (Lipinski definition) is 2. The van der Waals surface area contributed by atoms with Crippen LogP contribution in [-0.2, 0) is 4.79 Å². The molecule has 2 rings (SSSR count). The van der Waals surface area contributed by atoms with Crippen molar-refractivity contribution in [2.24, 2.45) is 11.3 Å². The monoisotopic (exact) mass is 305 g/mol. The van der Waals surface area contributed by atoms with Crippen LogP contribution in [0.3, 0.4) is 0 Å². The fourth-order valence-electron chi connectivity index (χ4n) is 2.91. The first-order valence-corrected chi connectivity index (χ1v) is 8.11. The third-order valence-corrected chi connectivity index (χ3v) is 5.12. The van der Waals surface area contributed by atoms with Gasteiger partial charge in [0.25, 0.3) is 0 Å². The Morgan fingerprint density at radius 1 is 1.41 bits per heavy atom. The van der Waals surface area contributed by atoms with Gasteiger partial charge in [0.15, 0.2) is 0 Å². The summed E-state index contributed by atoms with van der Waals surface area (Å²) in [5.41, 5.74) is 0.981. The molecule has 0 bridgehead atoms. The van der Waals surface area contributed by atoms with Gasteiger partial charge in [-0.25, -0.2) is 0 Å². The van der Waals surface area contributed by atoms with Crippen LogP contribution in [0.5, 0.6) is 5.75 Å². The van der Waals surface area contributed by atoms with Gasteiger partial charge in [-0.15, -0.1) is 0 Å². The fourth-order valence-corrected chi connectivity index (χ4v) is 2.91. The Bertz CT molecular complexity index is 503. The zero-order valence-corrected chi connectivity index (χ0v) is 13.8. The van der Waals surface area contributed by atoms with Gasteiger partial charge in [0, 0.05) is 17.9 Å². The minimum atomic E-state index is -0.185. The number of aliphatic hydroxyl groups excluding tert-OH is 1. The molecule has 1 aliphatic rings. The highest BCUT2D eigenvalue weighted by Crippen LogP contribution is 2.48. The number of hydrogen-bond acceptors (Lipinski definition) is 3. The summed E-state index contributed by atoms with van der Waals surface area (Å²) in [6.45, 7) is 4.78. The topological polar surface area (TPSA) is 58.6 Å². The zero-order chi connectivity index (χ0) is 16.2. The van der Waals surface area contributed by atoms with Gasteiger partial charge < -0.3 is 15.2 Å². The van der Waals surface area contributed by atoms with E-state index in [1.54, 1.807) is 7.11 Å². The molecular formula is C18H27NO3. The van der Waals surface area contributed by atoms with Gasteiger partial charge >= 0.3 is 0 Å². The number of rotatable bonds is 8. The lowest BCUT2D eigenvalue weighted by Crippen LogP contribution is -2.40. The van der Waals surface area contributed by atoms with Crippen LogP contribution >= 0.6 is 0 Å². The largest absolute Gasteiger partial charge is 0.497 e. The Morgan fingerprint density at radius 3 is 2.73 bits per heavy atom. The van der Waals surface area contributed by atoms with Crippen molar-refractivity contribution in [2.75, 3.05) is 20.3 Å². The van der Waals surface area contributed by atoms with Crippen molar-refractivity contribution in [3.63, 3.8) is 0 Å². The van der Waals surface area contributed by atoms with Gasteiger partial charge in [-0.05, 0) is 42.9 Å². The van der Waals surface area contributed by atoms with Gasteiger partial charge in [-0.1, -0.05) is 26.0 Å². The molecule has 0 spiro atoms. The van der Waals surface area contributed by atoms with Crippen molar-refractivity contribution >= 4 is 5.91 Å². The van der Waals surface area contributed by atoms with Gasteiger partial charge in [0.05, 0.1) is 13.7 Å². The van der Waals surface area contributed by atoms with Crippen molar-refractivity contribution in [1.29, 1.82) is 0 Å². The fraction of sp³-hybridized carbons (Fsp3) is 0.611. The maximum atomic E-state index is 12.3. The van der Waals surface area contributed by atoms with Crippen LogP contribution in [0.2, 0.25) is 0 Å². The van der Waals surface area contributed by atoms with Crippen LogP contribution < -0.4 is 10.1 Å². The molecule has 0 aromatic heterocycles. The van der Waals surface area contributed by atoms with E-state index in [2.05, 4.69) is 25.2 Å². The first-order valence-electron chi connectivity index (χ1n) is 8.11. The summed E-state index contributed by atoms with van der Waals surface area (Å²) in [5.74, 6) is 1.28. The second-order valence-corrected chi connectivity index (χ2v) is 6.31. The summed E-state index contributed by atoms with van der Waals surface area (Å²) in [7, 11) is 1.65. The quantitative estimate of drug-likeness (QED) is 0.776. The summed E-state index contributed by atoms with van der Waals surface area (Å²) in [4.78, 5) is 12.3. The maximum Gasteiger partial charge on any atom is 0.223 e. The van der Waals surface area contributed by atoms with Crippen molar-refractivity contribution in [1.82, 2.24) is 5.32 Å². The summed E-state index contributed by atoms with van der Waals surface area (Å²) in [6, 6.07) is 7.94. The Kier molecular flexibility index (Phi) is 5.46. The molecule has 1 fully saturated rings. The second kappa shape index (κ2) is 7.14. The van der Waals surface area contributed by atoms with E-state index in [1.165, 1.54) is 5.56 Å². The molecule has 0 heterocycles. The molecule has 122 valence electrons. The molecule has 2 atom stereocenters. The lowest BCUT2D eigenvalue weighted by molar-refractivity contribution is -0.123. The Labute approximate surface area is 132 Å². The van der Waals surface area contributed by atoms with E-state index in [4.69, 9.17) is 4.74 Å². The van der Waals surface area contributed by atoms with Gasteiger partial charge in [0.2, 0.25) is 5.91 Å².